The van der Waals surface area contributed by atoms with Gasteiger partial charge in [-0.15, -0.1) is 0 Å². The molecule has 18 heavy (non-hydrogen) atoms. The van der Waals surface area contributed by atoms with Crippen LogP contribution < -0.4 is 16.0 Å². The normalized spacial score (nSPS) is 10.5. The number of nitrogens with one attached hydrogen (secondary N) is 1. The van der Waals surface area contributed by atoms with Crippen LogP contribution in [0, 0.1) is 5.92 Å². The van der Waals surface area contributed by atoms with Gasteiger partial charge in [0, 0.05) is 13.6 Å². The van der Waals surface area contributed by atoms with E-state index in [1.54, 1.807) is 11.9 Å². The Kier molecular flexibility index (Phi) is 5.15. The number of aromatic nitrogens is 2. The minimum Gasteiger partial charge on any atom is -0.394 e. The molecule has 0 fully saturated rings. The Morgan fingerprint density at radius 2 is 2.28 bits per heavy atom. The molecule has 1 rings (SSSR count). The second-order valence-electron chi connectivity index (χ2n) is 4.47. The molecular weight excluding hydrogens is 254 g/mol. The molecule has 7 heteroatoms. The molecule has 6 nitrogen and oxygen atoms in total. The monoisotopic (exact) mass is 271 g/mol. The van der Waals surface area contributed by atoms with Gasteiger partial charge in [-0.05, 0) is 17.5 Å². The highest BCUT2D eigenvalue weighted by Crippen LogP contribution is 2.19. The van der Waals surface area contributed by atoms with E-state index >= 15 is 0 Å². The van der Waals surface area contributed by atoms with E-state index in [0.717, 1.165) is 0 Å². The molecule has 0 bridgehead atoms. The van der Waals surface area contributed by atoms with Crippen LogP contribution in [0.2, 0.25) is 5.28 Å². The van der Waals surface area contributed by atoms with Crippen molar-refractivity contribution in [1.82, 2.24) is 15.3 Å². The summed E-state index contributed by atoms with van der Waals surface area (Å²) in [5, 5.41) is 2.92. The maximum atomic E-state index is 11.7. The number of nitrogen functional groups attached to an aromatic ring is 1. The van der Waals surface area contributed by atoms with Crippen molar-refractivity contribution in [3.8, 4) is 0 Å². The van der Waals surface area contributed by atoms with E-state index in [4.69, 9.17) is 17.3 Å². The van der Waals surface area contributed by atoms with E-state index in [1.165, 1.54) is 6.20 Å². The topological polar surface area (TPSA) is 84.1 Å². The summed E-state index contributed by atoms with van der Waals surface area (Å²) in [6, 6.07) is 0. The summed E-state index contributed by atoms with van der Waals surface area (Å²) >= 11 is 5.70. The van der Waals surface area contributed by atoms with Crippen LogP contribution in [0.15, 0.2) is 6.20 Å². The second kappa shape index (κ2) is 6.39. The smallest absolute Gasteiger partial charge is 0.239 e. The first-order chi connectivity index (χ1) is 8.40. The predicted octanol–water partition coefficient (Wildman–Crippen LogP) is 0.921. The SMILES string of the molecule is CC(C)CNC(=O)CN(C)c1nc(Cl)ncc1N. The molecule has 0 aliphatic heterocycles. The lowest BCUT2D eigenvalue weighted by atomic mass is 10.2. The Balaban J connectivity index is 2.62. The number of hydrogen-bond acceptors (Lipinski definition) is 5. The zero-order valence-electron chi connectivity index (χ0n) is 10.8. The maximum Gasteiger partial charge on any atom is 0.239 e. The third-order valence-electron chi connectivity index (χ3n) is 2.22. The number of halogens is 1. The zero-order valence-corrected chi connectivity index (χ0v) is 11.5. The first-order valence-corrected chi connectivity index (χ1v) is 6.03. The summed E-state index contributed by atoms with van der Waals surface area (Å²) in [5.41, 5.74) is 6.12. The molecule has 0 unspecified atom stereocenters. The largest absolute Gasteiger partial charge is 0.394 e. The van der Waals surface area contributed by atoms with E-state index in [1.807, 2.05) is 13.8 Å². The fourth-order valence-corrected chi connectivity index (χ4v) is 1.46. The summed E-state index contributed by atoms with van der Waals surface area (Å²) in [7, 11) is 1.73. The van der Waals surface area contributed by atoms with Gasteiger partial charge in [-0.25, -0.2) is 4.98 Å². The Morgan fingerprint density at radius 3 is 2.89 bits per heavy atom. The van der Waals surface area contributed by atoms with Crippen molar-refractivity contribution in [3.05, 3.63) is 11.5 Å². The zero-order chi connectivity index (χ0) is 13.7. The molecule has 0 aliphatic rings. The number of likely N-dealkylation sites (N-methyl/N-ethyl adjacent to an activating group) is 1. The molecular formula is C11H18ClN5O. The lowest BCUT2D eigenvalue weighted by molar-refractivity contribution is -0.119. The first-order valence-electron chi connectivity index (χ1n) is 5.66. The van der Waals surface area contributed by atoms with Crippen molar-refractivity contribution in [2.75, 3.05) is 30.8 Å². The van der Waals surface area contributed by atoms with Gasteiger partial charge < -0.3 is 16.0 Å². The van der Waals surface area contributed by atoms with Crippen molar-refractivity contribution in [1.29, 1.82) is 0 Å². The fourth-order valence-electron chi connectivity index (χ4n) is 1.33. The van der Waals surface area contributed by atoms with Crippen molar-refractivity contribution < 1.29 is 4.79 Å². The molecule has 0 spiro atoms. The third kappa shape index (κ3) is 4.37. The summed E-state index contributed by atoms with van der Waals surface area (Å²) in [6.07, 6.45) is 1.42. The molecule has 0 atom stereocenters. The van der Waals surface area contributed by atoms with Crippen molar-refractivity contribution in [2.24, 2.45) is 5.92 Å². The van der Waals surface area contributed by atoms with Crippen LogP contribution in [0.5, 0.6) is 0 Å². The number of carbonyl (C=O) groups is 1. The van der Waals surface area contributed by atoms with Gasteiger partial charge in [0.25, 0.3) is 0 Å². The van der Waals surface area contributed by atoms with E-state index in [0.29, 0.717) is 24.0 Å². The molecule has 0 radical (unpaired) electrons. The second-order valence-corrected chi connectivity index (χ2v) is 4.81. The number of nitrogens with two attached hydrogens (primary N) is 1. The highest BCUT2D eigenvalue weighted by molar-refractivity contribution is 6.28. The molecule has 0 saturated heterocycles. The van der Waals surface area contributed by atoms with Crippen LogP contribution in [0.1, 0.15) is 13.8 Å². The van der Waals surface area contributed by atoms with Gasteiger partial charge in [0.1, 0.15) is 0 Å². The minimum atomic E-state index is -0.0830. The van der Waals surface area contributed by atoms with Crippen LogP contribution >= 0.6 is 11.6 Å². The van der Waals surface area contributed by atoms with Gasteiger partial charge in [-0.1, -0.05) is 13.8 Å². The lowest BCUT2D eigenvalue weighted by Crippen LogP contribution is -2.37. The number of amides is 1. The third-order valence-corrected chi connectivity index (χ3v) is 2.40. The highest BCUT2D eigenvalue weighted by atomic mass is 35.5. The maximum absolute atomic E-state index is 11.7. The molecule has 0 saturated carbocycles. The molecule has 1 aromatic heterocycles. The van der Waals surface area contributed by atoms with E-state index in [-0.39, 0.29) is 17.7 Å². The van der Waals surface area contributed by atoms with Crippen molar-refractivity contribution in [2.45, 2.75) is 13.8 Å². The van der Waals surface area contributed by atoms with Crippen molar-refractivity contribution >= 4 is 29.0 Å². The van der Waals surface area contributed by atoms with Gasteiger partial charge in [0.05, 0.1) is 18.4 Å². The summed E-state index contributed by atoms with van der Waals surface area (Å²) in [6.45, 7) is 4.88. The van der Waals surface area contributed by atoms with E-state index < -0.39 is 0 Å². The standard InChI is InChI=1S/C11H18ClN5O/c1-7(2)4-14-9(18)6-17(3)10-8(13)5-15-11(12)16-10/h5,7H,4,6,13H2,1-3H3,(H,14,18). The van der Waals surface area contributed by atoms with Crippen LogP contribution in [-0.2, 0) is 4.79 Å². The predicted molar refractivity (Wildman–Crippen MR) is 72.6 cm³/mol. The number of hydrogen-bond donors (Lipinski definition) is 2. The Hall–Kier alpha value is -1.56. The van der Waals surface area contributed by atoms with Gasteiger partial charge in [0.15, 0.2) is 5.82 Å². The van der Waals surface area contributed by atoms with Crippen LogP contribution in [0.25, 0.3) is 0 Å². The van der Waals surface area contributed by atoms with Gasteiger partial charge in [0.2, 0.25) is 11.2 Å². The first kappa shape index (κ1) is 14.5. The summed E-state index contributed by atoms with van der Waals surface area (Å²) in [5.74, 6) is 0.785. The van der Waals surface area contributed by atoms with Crippen LogP contribution in [0.4, 0.5) is 11.5 Å². The van der Waals surface area contributed by atoms with Crippen LogP contribution in [0.3, 0.4) is 0 Å². The van der Waals surface area contributed by atoms with Crippen molar-refractivity contribution in [3.63, 3.8) is 0 Å². The summed E-state index contributed by atoms with van der Waals surface area (Å²) in [4.78, 5) is 21.1. The van der Waals surface area contributed by atoms with Crippen LogP contribution in [-0.4, -0.2) is 36.0 Å². The average Bonchev–Trinajstić information content (AvgIpc) is 2.29. The number of rotatable bonds is 5. The van der Waals surface area contributed by atoms with Gasteiger partial charge in [-0.2, -0.15) is 4.98 Å². The highest BCUT2D eigenvalue weighted by Gasteiger charge is 2.12. The minimum absolute atomic E-state index is 0.0830. The molecule has 1 heterocycles. The molecule has 100 valence electrons. The molecule has 0 aromatic carbocycles. The Labute approximate surface area is 112 Å². The van der Waals surface area contributed by atoms with Gasteiger partial charge in [-0.3, -0.25) is 4.79 Å². The Bertz CT molecular complexity index is 424. The molecule has 1 amide bonds. The fraction of sp³-hybridized carbons (Fsp3) is 0.545. The quantitative estimate of drug-likeness (QED) is 0.778. The molecule has 3 N–H and O–H groups in total. The van der Waals surface area contributed by atoms with Gasteiger partial charge >= 0.3 is 0 Å². The lowest BCUT2D eigenvalue weighted by Gasteiger charge is -2.19. The number of anilines is 2. The number of carbonyl (C=O) groups excluding carboxylic acids is 1. The summed E-state index contributed by atoms with van der Waals surface area (Å²) < 4.78 is 0. The van der Waals surface area contributed by atoms with E-state index in [2.05, 4.69) is 15.3 Å². The number of nitrogens with zero attached hydrogens (tertiary/aromatic N) is 3. The Morgan fingerprint density at radius 1 is 1.61 bits per heavy atom. The molecule has 0 aliphatic carbocycles. The molecule has 1 aromatic rings. The average molecular weight is 272 g/mol. The van der Waals surface area contributed by atoms with E-state index in [9.17, 15) is 4.79 Å².